The molecule has 0 aromatic heterocycles. The highest BCUT2D eigenvalue weighted by Gasteiger charge is 2.48. The van der Waals surface area contributed by atoms with Gasteiger partial charge in [-0.2, -0.15) is 0 Å². The number of benzene rings is 1. The number of hydrogen-bond donors (Lipinski definition) is 2. The second kappa shape index (κ2) is 4.37. The molecule has 2 N–H and O–H groups in total. The summed E-state index contributed by atoms with van der Waals surface area (Å²) >= 11 is 0. The van der Waals surface area contributed by atoms with Crippen LogP contribution in [0.15, 0.2) is 18.2 Å². The Balaban J connectivity index is 1.78. The summed E-state index contributed by atoms with van der Waals surface area (Å²) in [5.74, 6) is 0.514. The molecule has 0 radical (unpaired) electrons. The van der Waals surface area contributed by atoms with Gasteiger partial charge in [-0.05, 0) is 49.7 Å². The molecule has 2 saturated carbocycles. The van der Waals surface area contributed by atoms with E-state index in [1.807, 2.05) is 13.0 Å². The van der Waals surface area contributed by atoms with Gasteiger partial charge < -0.3 is 10.4 Å². The van der Waals surface area contributed by atoms with Gasteiger partial charge in [-0.25, -0.2) is 4.79 Å². The van der Waals surface area contributed by atoms with Crippen molar-refractivity contribution in [3.63, 3.8) is 0 Å². The summed E-state index contributed by atoms with van der Waals surface area (Å²) < 4.78 is 0. The topological polar surface area (TPSA) is 66.4 Å². The molecule has 1 aromatic carbocycles. The van der Waals surface area contributed by atoms with E-state index in [-0.39, 0.29) is 17.4 Å². The SMILES string of the molecule is Cc1cccc(C(=O)O)c1NC(=O)C1CC2CC2C1. The third kappa shape index (κ3) is 2.23. The van der Waals surface area contributed by atoms with Gasteiger partial charge in [0.2, 0.25) is 5.91 Å². The zero-order chi connectivity index (χ0) is 13.6. The number of aryl methyl sites for hydroxylation is 1. The lowest BCUT2D eigenvalue weighted by atomic mass is 10.0. The molecule has 0 bridgehead atoms. The lowest BCUT2D eigenvalue weighted by Gasteiger charge is -2.15. The van der Waals surface area contributed by atoms with E-state index in [0.717, 1.165) is 30.2 Å². The first kappa shape index (κ1) is 12.2. The molecule has 19 heavy (non-hydrogen) atoms. The molecule has 2 aliphatic rings. The fourth-order valence-corrected chi connectivity index (χ4v) is 3.17. The van der Waals surface area contributed by atoms with Crippen LogP contribution in [0.1, 0.15) is 35.2 Å². The molecule has 4 heteroatoms. The van der Waals surface area contributed by atoms with Crippen LogP contribution in [0.5, 0.6) is 0 Å². The maximum Gasteiger partial charge on any atom is 0.337 e. The van der Waals surface area contributed by atoms with Crippen molar-refractivity contribution < 1.29 is 14.7 Å². The van der Waals surface area contributed by atoms with Crippen LogP contribution in [-0.4, -0.2) is 17.0 Å². The molecule has 2 atom stereocenters. The molecule has 100 valence electrons. The Hall–Kier alpha value is -1.84. The van der Waals surface area contributed by atoms with Crippen molar-refractivity contribution in [1.29, 1.82) is 0 Å². The molecule has 0 heterocycles. The van der Waals surface area contributed by atoms with Crippen molar-refractivity contribution in [3.05, 3.63) is 29.3 Å². The molecule has 0 saturated heterocycles. The normalized spacial score (nSPS) is 27.7. The number of amides is 1. The molecule has 4 nitrogen and oxygen atoms in total. The van der Waals surface area contributed by atoms with E-state index in [1.54, 1.807) is 6.07 Å². The maximum atomic E-state index is 12.2. The Morgan fingerprint density at radius 2 is 1.89 bits per heavy atom. The third-order valence-electron chi connectivity index (χ3n) is 4.37. The number of fused-ring (bicyclic) bond motifs is 1. The van der Waals surface area contributed by atoms with Crippen LogP contribution >= 0.6 is 0 Å². The molecule has 0 aliphatic heterocycles. The number of nitrogens with one attached hydrogen (secondary N) is 1. The van der Waals surface area contributed by atoms with Gasteiger partial charge in [0.1, 0.15) is 0 Å². The minimum atomic E-state index is -1.01. The van der Waals surface area contributed by atoms with Crippen LogP contribution in [0.3, 0.4) is 0 Å². The molecule has 2 aliphatic carbocycles. The fourth-order valence-electron chi connectivity index (χ4n) is 3.17. The van der Waals surface area contributed by atoms with Crippen molar-refractivity contribution in [1.82, 2.24) is 0 Å². The highest BCUT2D eigenvalue weighted by Crippen LogP contribution is 2.54. The Kier molecular flexibility index (Phi) is 2.81. The van der Waals surface area contributed by atoms with E-state index in [4.69, 9.17) is 5.11 Å². The Bertz CT molecular complexity index is 542. The first-order chi connectivity index (χ1) is 9.06. The van der Waals surface area contributed by atoms with Crippen molar-refractivity contribution in [2.24, 2.45) is 17.8 Å². The minimum absolute atomic E-state index is 0.0241. The molecular weight excluding hydrogens is 242 g/mol. The molecule has 3 rings (SSSR count). The number of aromatic carboxylic acids is 1. The quantitative estimate of drug-likeness (QED) is 0.877. The van der Waals surface area contributed by atoms with Gasteiger partial charge in [0.15, 0.2) is 0 Å². The van der Waals surface area contributed by atoms with Crippen LogP contribution in [-0.2, 0) is 4.79 Å². The van der Waals surface area contributed by atoms with Gasteiger partial charge in [0, 0.05) is 5.92 Å². The fraction of sp³-hybridized carbons (Fsp3) is 0.467. The van der Waals surface area contributed by atoms with Crippen LogP contribution in [0.25, 0.3) is 0 Å². The van der Waals surface area contributed by atoms with E-state index in [2.05, 4.69) is 5.32 Å². The van der Waals surface area contributed by atoms with Gasteiger partial charge in [0.25, 0.3) is 0 Å². The van der Waals surface area contributed by atoms with E-state index < -0.39 is 5.97 Å². The third-order valence-corrected chi connectivity index (χ3v) is 4.37. The van der Waals surface area contributed by atoms with E-state index in [1.165, 1.54) is 12.5 Å². The van der Waals surface area contributed by atoms with Gasteiger partial charge in [0.05, 0.1) is 11.3 Å². The maximum absolute atomic E-state index is 12.2. The number of carbonyl (C=O) groups is 2. The average Bonchev–Trinajstić information content (AvgIpc) is 2.98. The summed E-state index contributed by atoms with van der Waals surface area (Å²) in [6.45, 7) is 1.81. The molecule has 0 spiro atoms. The summed E-state index contributed by atoms with van der Waals surface area (Å²) in [6, 6.07) is 5.03. The predicted molar refractivity (Wildman–Crippen MR) is 71.1 cm³/mol. The molecule has 2 unspecified atom stereocenters. The number of rotatable bonds is 3. The van der Waals surface area contributed by atoms with Crippen LogP contribution in [0.4, 0.5) is 5.69 Å². The largest absolute Gasteiger partial charge is 0.478 e. The molecule has 1 aromatic rings. The van der Waals surface area contributed by atoms with Crippen LogP contribution < -0.4 is 5.32 Å². The number of hydrogen-bond acceptors (Lipinski definition) is 2. The van der Waals surface area contributed by atoms with Gasteiger partial charge in [-0.3, -0.25) is 4.79 Å². The summed E-state index contributed by atoms with van der Waals surface area (Å²) in [4.78, 5) is 23.4. The minimum Gasteiger partial charge on any atom is -0.478 e. The van der Waals surface area contributed by atoms with E-state index >= 15 is 0 Å². The lowest BCUT2D eigenvalue weighted by Crippen LogP contribution is -2.23. The molecular formula is C15H17NO3. The van der Waals surface area contributed by atoms with Crippen molar-refractivity contribution in [3.8, 4) is 0 Å². The van der Waals surface area contributed by atoms with E-state index in [9.17, 15) is 9.59 Å². The zero-order valence-electron chi connectivity index (χ0n) is 10.8. The number of anilines is 1. The summed E-state index contributed by atoms with van der Waals surface area (Å²) in [6.07, 6.45) is 3.20. The first-order valence-electron chi connectivity index (χ1n) is 6.70. The smallest absolute Gasteiger partial charge is 0.337 e. The van der Waals surface area contributed by atoms with Crippen LogP contribution in [0, 0.1) is 24.7 Å². The number of carboxylic acid groups (broad SMARTS) is 1. The average molecular weight is 259 g/mol. The van der Waals surface area contributed by atoms with Gasteiger partial charge in [-0.15, -0.1) is 0 Å². The second-order valence-corrected chi connectivity index (χ2v) is 5.72. The predicted octanol–water partition coefficient (Wildman–Crippen LogP) is 2.68. The van der Waals surface area contributed by atoms with Gasteiger partial charge in [-0.1, -0.05) is 12.1 Å². The van der Waals surface area contributed by atoms with Crippen LogP contribution in [0.2, 0.25) is 0 Å². The monoisotopic (exact) mass is 259 g/mol. The first-order valence-corrected chi connectivity index (χ1v) is 6.70. The molecule has 1 amide bonds. The van der Waals surface area contributed by atoms with Crippen molar-refractivity contribution >= 4 is 17.6 Å². The standard InChI is InChI=1S/C15H17NO3/c1-8-3-2-4-12(15(18)19)13(8)16-14(17)11-6-9-5-10(9)7-11/h2-4,9-11H,5-7H2,1H3,(H,16,17)(H,18,19). The lowest BCUT2D eigenvalue weighted by molar-refractivity contribution is -0.120. The summed E-state index contributed by atoms with van der Waals surface area (Å²) in [5.41, 5.74) is 1.40. The van der Waals surface area contributed by atoms with Gasteiger partial charge >= 0.3 is 5.97 Å². The number of carbonyl (C=O) groups excluding carboxylic acids is 1. The summed E-state index contributed by atoms with van der Waals surface area (Å²) in [5, 5.41) is 12.0. The Morgan fingerprint density at radius 1 is 1.21 bits per heavy atom. The zero-order valence-corrected chi connectivity index (χ0v) is 10.8. The highest BCUT2D eigenvalue weighted by molar-refractivity contribution is 6.02. The Morgan fingerprint density at radius 3 is 2.53 bits per heavy atom. The highest BCUT2D eigenvalue weighted by atomic mass is 16.4. The second-order valence-electron chi connectivity index (χ2n) is 5.72. The van der Waals surface area contributed by atoms with Crippen molar-refractivity contribution in [2.75, 3.05) is 5.32 Å². The van der Waals surface area contributed by atoms with Crippen molar-refractivity contribution in [2.45, 2.75) is 26.2 Å². The summed E-state index contributed by atoms with van der Waals surface area (Å²) in [7, 11) is 0. The number of carboxylic acids is 1. The Labute approximate surface area is 111 Å². The number of para-hydroxylation sites is 1. The molecule has 2 fully saturated rings. The van der Waals surface area contributed by atoms with E-state index in [0.29, 0.717) is 5.69 Å².